The third-order valence-electron chi connectivity index (χ3n) is 2.93. The first kappa shape index (κ1) is 13.6. The van der Waals surface area contributed by atoms with Gasteiger partial charge in [0, 0.05) is 23.9 Å². The highest BCUT2D eigenvalue weighted by Crippen LogP contribution is 2.28. The zero-order chi connectivity index (χ0) is 14.9. The molecular weight excluding hydrogens is 294 g/mol. The molecule has 2 aliphatic heterocycles. The third kappa shape index (κ3) is 2.61. The highest BCUT2D eigenvalue weighted by molar-refractivity contribution is 6.36. The number of quaternary nitrogens is 1. The van der Waals surface area contributed by atoms with Crippen molar-refractivity contribution in [2.24, 2.45) is 15.1 Å². The van der Waals surface area contributed by atoms with E-state index >= 15 is 0 Å². The van der Waals surface area contributed by atoms with E-state index in [4.69, 9.17) is 21.3 Å². The Morgan fingerprint density at radius 3 is 2.48 bits per heavy atom. The standard InChI is InChI=1S/C13H13ClN5O2/c1-20-10-5-9(6-11(7-10)21-2)16-13-17-12-8-15-3-4-19(12,14)18-13/h3-8H,1-2H3,(H,16,18)/q+1. The van der Waals surface area contributed by atoms with E-state index in [0.717, 1.165) is 5.69 Å². The zero-order valence-corrected chi connectivity index (χ0v) is 12.2. The van der Waals surface area contributed by atoms with Gasteiger partial charge in [0.05, 0.1) is 20.4 Å². The van der Waals surface area contributed by atoms with Crippen LogP contribution in [-0.4, -0.2) is 36.3 Å². The molecule has 0 bridgehead atoms. The number of hydrogen-bond acceptors (Lipinski definition) is 6. The number of anilines is 1. The smallest absolute Gasteiger partial charge is 0.300 e. The van der Waals surface area contributed by atoms with Gasteiger partial charge in [-0.05, 0) is 9.21 Å². The lowest BCUT2D eigenvalue weighted by molar-refractivity contribution is -0.659. The molecule has 0 fully saturated rings. The van der Waals surface area contributed by atoms with Crippen LogP contribution in [0.1, 0.15) is 0 Å². The van der Waals surface area contributed by atoms with E-state index in [9.17, 15) is 0 Å². The number of benzene rings is 1. The minimum absolute atomic E-state index is 0.271. The van der Waals surface area contributed by atoms with Crippen molar-refractivity contribution >= 4 is 35.5 Å². The van der Waals surface area contributed by atoms with Crippen LogP contribution in [0.2, 0.25) is 0 Å². The summed E-state index contributed by atoms with van der Waals surface area (Å²) in [5, 5.41) is 7.37. The van der Waals surface area contributed by atoms with Gasteiger partial charge in [0.1, 0.15) is 17.7 Å². The summed E-state index contributed by atoms with van der Waals surface area (Å²) in [6.07, 6.45) is 4.77. The minimum Gasteiger partial charge on any atom is -0.497 e. The third-order valence-corrected chi connectivity index (χ3v) is 3.29. The number of fused-ring (bicyclic) bond motifs is 1. The molecule has 2 heterocycles. The molecule has 1 N–H and O–H groups in total. The van der Waals surface area contributed by atoms with Crippen molar-refractivity contribution in [2.45, 2.75) is 0 Å². The number of ether oxygens (including phenoxy) is 2. The van der Waals surface area contributed by atoms with Crippen molar-refractivity contribution in [3.8, 4) is 11.5 Å². The minimum atomic E-state index is -0.271. The van der Waals surface area contributed by atoms with Gasteiger partial charge in [0.2, 0.25) is 11.8 Å². The lowest BCUT2D eigenvalue weighted by atomic mass is 10.3. The molecule has 0 radical (unpaired) electrons. The number of methoxy groups -OCH3 is 2. The average Bonchev–Trinajstić information content (AvgIpc) is 2.82. The molecule has 7 nitrogen and oxygen atoms in total. The molecule has 21 heavy (non-hydrogen) atoms. The molecule has 0 saturated carbocycles. The highest BCUT2D eigenvalue weighted by atomic mass is 35.5. The lowest BCUT2D eigenvalue weighted by Gasteiger charge is -2.12. The van der Waals surface area contributed by atoms with Crippen LogP contribution in [0.5, 0.6) is 11.5 Å². The van der Waals surface area contributed by atoms with E-state index in [0.29, 0.717) is 23.3 Å². The first-order valence-electron chi connectivity index (χ1n) is 6.12. The van der Waals surface area contributed by atoms with Crippen LogP contribution in [0.25, 0.3) is 0 Å². The molecule has 1 aromatic rings. The molecule has 1 atom stereocenters. The van der Waals surface area contributed by atoms with Crippen LogP contribution in [0.15, 0.2) is 45.7 Å². The summed E-state index contributed by atoms with van der Waals surface area (Å²) in [6, 6.07) is 5.40. The van der Waals surface area contributed by atoms with E-state index in [1.54, 1.807) is 38.9 Å². The van der Waals surface area contributed by atoms with E-state index in [1.807, 2.05) is 12.1 Å². The fraction of sp³-hybridized carbons (Fsp3) is 0.154. The van der Waals surface area contributed by atoms with Gasteiger partial charge in [-0.3, -0.25) is 4.99 Å². The monoisotopic (exact) mass is 306 g/mol. The van der Waals surface area contributed by atoms with Crippen molar-refractivity contribution in [1.29, 1.82) is 0 Å². The van der Waals surface area contributed by atoms with Crippen molar-refractivity contribution in [3.63, 3.8) is 0 Å². The van der Waals surface area contributed by atoms with E-state index in [2.05, 4.69) is 20.4 Å². The van der Waals surface area contributed by atoms with Gasteiger partial charge >= 0.3 is 0 Å². The van der Waals surface area contributed by atoms with Crippen LogP contribution in [0.3, 0.4) is 0 Å². The fourth-order valence-corrected chi connectivity index (χ4v) is 2.11. The summed E-state index contributed by atoms with van der Waals surface area (Å²) in [6.45, 7) is 0. The fourth-order valence-electron chi connectivity index (χ4n) is 1.91. The van der Waals surface area contributed by atoms with Gasteiger partial charge in [-0.1, -0.05) is 0 Å². The van der Waals surface area contributed by atoms with Crippen LogP contribution in [0, 0.1) is 0 Å². The SMILES string of the molecule is COc1cc(NC2=N[N+]3(Cl)C=CN=CC3=N2)cc(OC)c1. The molecule has 2 aliphatic rings. The van der Waals surface area contributed by atoms with Crippen LogP contribution >= 0.6 is 11.8 Å². The largest absolute Gasteiger partial charge is 0.497 e. The number of hydrogen-bond donors (Lipinski definition) is 1. The summed E-state index contributed by atoms with van der Waals surface area (Å²) in [7, 11) is 3.18. The number of rotatable bonds is 3. The normalized spacial score (nSPS) is 22.4. The first-order chi connectivity index (χ1) is 10.1. The second-order valence-corrected chi connectivity index (χ2v) is 4.81. The van der Waals surface area contributed by atoms with Gasteiger partial charge in [-0.2, -0.15) is 0 Å². The lowest BCUT2D eigenvalue weighted by Crippen LogP contribution is -2.33. The Morgan fingerprint density at radius 1 is 1.14 bits per heavy atom. The predicted octanol–water partition coefficient (Wildman–Crippen LogP) is 2.33. The van der Waals surface area contributed by atoms with Crippen LogP contribution < -0.4 is 14.8 Å². The summed E-state index contributed by atoms with van der Waals surface area (Å²) < 4.78 is 10.2. The molecule has 8 heteroatoms. The Kier molecular flexibility index (Phi) is 3.36. The molecule has 0 spiro atoms. The van der Waals surface area contributed by atoms with Gasteiger partial charge < -0.3 is 14.8 Å². The van der Waals surface area contributed by atoms with E-state index < -0.39 is 0 Å². The number of nitrogens with zero attached hydrogens (tertiary/aromatic N) is 4. The number of amidine groups is 1. The van der Waals surface area contributed by atoms with Crippen molar-refractivity contribution in [1.82, 2.24) is 0 Å². The first-order valence-corrected chi connectivity index (χ1v) is 6.45. The van der Waals surface area contributed by atoms with Crippen molar-refractivity contribution in [3.05, 3.63) is 30.6 Å². The second kappa shape index (κ2) is 5.19. The predicted molar refractivity (Wildman–Crippen MR) is 81.8 cm³/mol. The summed E-state index contributed by atoms with van der Waals surface area (Å²) in [4.78, 5) is 8.29. The van der Waals surface area contributed by atoms with Gasteiger partial charge in [-0.15, -0.1) is 4.99 Å². The molecule has 0 aromatic heterocycles. The number of aliphatic imine (C=N–C) groups is 2. The molecule has 1 aromatic carbocycles. The van der Waals surface area contributed by atoms with Crippen molar-refractivity contribution in [2.75, 3.05) is 19.5 Å². The molecule has 0 amide bonds. The van der Waals surface area contributed by atoms with Crippen molar-refractivity contribution < 1.29 is 13.6 Å². The summed E-state index contributed by atoms with van der Waals surface area (Å²) >= 11 is 6.30. The Labute approximate surface area is 126 Å². The zero-order valence-electron chi connectivity index (χ0n) is 11.4. The molecular formula is C13H13ClN5O2+. The topological polar surface area (TPSA) is 67.6 Å². The van der Waals surface area contributed by atoms with Crippen LogP contribution in [-0.2, 0) is 0 Å². The number of guanidine groups is 1. The number of halogens is 1. The summed E-state index contributed by atoms with van der Waals surface area (Å²) in [5.74, 6) is 2.24. The Bertz CT molecular complexity index is 676. The Morgan fingerprint density at radius 2 is 1.86 bits per heavy atom. The van der Waals surface area contributed by atoms with Gasteiger partial charge in [-0.25, -0.2) is 0 Å². The molecule has 108 valence electrons. The van der Waals surface area contributed by atoms with Gasteiger partial charge in [0.25, 0.3) is 11.8 Å². The maximum atomic E-state index is 6.30. The summed E-state index contributed by atoms with van der Waals surface area (Å²) in [5.41, 5.74) is 0.735. The van der Waals surface area contributed by atoms with E-state index in [1.165, 1.54) is 0 Å². The Hall–Kier alpha value is -2.38. The molecule has 3 rings (SSSR count). The quantitative estimate of drug-likeness (QED) is 0.871. The molecule has 1 unspecified atom stereocenters. The number of nitrogens with one attached hydrogen (secondary N) is 1. The van der Waals surface area contributed by atoms with E-state index in [-0.39, 0.29) is 4.11 Å². The Balaban J connectivity index is 1.88. The van der Waals surface area contributed by atoms with Gasteiger partial charge in [0.15, 0.2) is 6.20 Å². The maximum absolute atomic E-state index is 6.30. The molecule has 0 saturated heterocycles. The average molecular weight is 307 g/mol. The van der Waals surface area contributed by atoms with Crippen LogP contribution in [0.4, 0.5) is 5.69 Å². The highest BCUT2D eigenvalue weighted by Gasteiger charge is 2.39. The molecule has 0 aliphatic carbocycles. The second-order valence-electron chi connectivity index (χ2n) is 4.30. The maximum Gasteiger partial charge on any atom is 0.300 e.